The number of carbonyl (C=O) groups is 2. The fourth-order valence-electron chi connectivity index (χ4n) is 4.04. The molecule has 7 heteroatoms. The standard InChI is InChI=1S/C19H30N4O2S/c20-17(24)12-23(11-10-14-6-2-1-3-7-14)13-18(25)22-19-21-15-8-4-5-9-16(15)26-19/h14H,1-13H2,(H2,20,24)(H,21,22,25). The van der Waals surface area contributed by atoms with E-state index in [1.807, 2.05) is 4.90 Å². The van der Waals surface area contributed by atoms with Crippen molar-refractivity contribution in [2.24, 2.45) is 11.7 Å². The van der Waals surface area contributed by atoms with Gasteiger partial charge in [-0.1, -0.05) is 32.1 Å². The van der Waals surface area contributed by atoms with E-state index in [2.05, 4.69) is 10.3 Å². The lowest BCUT2D eigenvalue weighted by Gasteiger charge is -2.25. The SMILES string of the molecule is NC(=O)CN(CCC1CCCCC1)CC(=O)Nc1nc2c(s1)CCCC2. The van der Waals surface area contributed by atoms with E-state index in [1.165, 1.54) is 49.8 Å². The number of hydrogen-bond acceptors (Lipinski definition) is 5. The van der Waals surface area contributed by atoms with E-state index in [0.717, 1.165) is 31.5 Å². The van der Waals surface area contributed by atoms with Gasteiger partial charge in [0.1, 0.15) is 0 Å². The van der Waals surface area contributed by atoms with Crippen LogP contribution in [0, 0.1) is 5.92 Å². The highest BCUT2D eigenvalue weighted by atomic mass is 32.1. The van der Waals surface area contributed by atoms with Crippen molar-refractivity contribution in [1.82, 2.24) is 9.88 Å². The third-order valence-electron chi connectivity index (χ3n) is 5.42. The van der Waals surface area contributed by atoms with Gasteiger partial charge in [0.25, 0.3) is 0 Å². The lowest BCUT2D eigenvalue weighted by atomic mass is 9.87. The monoisotopic (exact) mass is 378 g/mol. The average molecular weight is 379 g/mol. The first-order valence-corrected chi connectivity index (χ1v) is 10.7. The zero-order valence-electron chi connectivity index (χ0n) is 15.5. The molecule has 2 aliphatic carbocycles. The molecule has 0 radical (unpaired) electrons. The molecule has 1 aromatic heterocycles. The topological polar surface area (TPSA) is 88.3 Å². The minimum atomic E-state index is -0.383. The molecule has 0 atom stereocenters. The fourth-order valence-corrected chi connectivity index (χ4v) is 5.11. The van der Waals surface area contributed by atoms with Gasteiger partial charge >= 0.3 is 0 Å². The normalized spacial score (nSPS) is 17.9. The molecule has 1 aromatic rings. The molecule has 0 bridgehead atoms. The van der Waals surface area contributed by atoms with Crippen LogP contribution in [0.2, 0.25) is 0 Å². The Labute approximate surface area is 159 Å². The highest BCUT2D eigenvalue weighted by Crippen LogP contribution is 2.29. The zero-order valence-corrected chi connectivity index (χ0v) is 16.3. The van der Waals surface area contributed by atoms with Crippen molar-refractivity contribution in [3.05, 3.63) is 10.6 Å². The highest BCUT2D eigenvalue weighted by Gasteiger charge is 2.20. The van der Waals surface area contributed by atoms with E-state index in [1.54, 1.807) is 11.3 Å². The van der Waals surface area contributed by atoms with Crippen LogP contribution in [0.25, 0.3) is 0 Å². The number of thiazole rings is 1. The lowest BCUT2D eigenvalue weighted by molar-refractivity contribution is -0.121. The van der Waals surface area contributed by atoms with Gasteiger partial charge in [-0.2, -0.15) is 0 Å². The maximum atomic E-state index is 12.4. The van der Waals surface area contributed by atoms with E-state index < -0.39 is 0 Å². The second kappa shape index (κ2) is 9.46. The quantitative estimate of drug-likeness (QED) is 0.728. The van der Waals surface area contributed by atoms with Crippen molar-refractivity contribution >= 4 is 28.3 Å². The summed E-state index contributed by atoms with van der Waals surface area (Å²) in [6.07, 6.45) is 12.0. The molecule has 0 saturated heterocycles. The number of nitrogens with two attached hydrogens (primary N) is 1. The molecule has 26 heavy (non-hydrogen) atoms. The summed E-state index contributed by atoms with van der Waals surface area (Å²) in [6, 6.07) is 0. The number of amides is 2. The van der Waals surface area contributed by atoms with Crippen molar-refractivity contribution < 1.29 is 9.59 Å². The van der Waals surface area contributed by atoms with E-state index in [4.69, 9.17) is 5.73 Å². The molecule has 2 amide bonds. The van der Waals surface area contributed by atoms with Crippen LogP contribution in [0.3, 0.4) is 0 Å². The molecular weight excluding hydrogens is 348 g/mol. The van der Waals surface area contributed by atoms with Gasteiger partial charge < -0.3 is 11.1 Å². The van der Waals surface area contributed by atoms with Crippen LogP contribution >= 0.6 is 11.3 Å². The van der Waals surface area contributed by atoms with Crippen molar-refractivity contribution in [2.45, 2.75) is 64.2 Å². The number of fused-ring (bicyclic) bond motifs is 1. The van der Waals surface area contributed by atoms with Crippen LogP contribution in [0.4, 0.5) is 5.13 Å². The lowest BCUT2D eigenvalue weighted by Crippen LogP contribution is -2.40. The molecule has 0 spiro atoms. The second-order valence-corrected chi connectivity index (χ2v) is 8.70. The van der Waals surface area contributed by atoms with Crippen molar-refractivity contribution in [2.75, 3.05) is 25.0 Å². The van der Waals surface area contributed by atoms with Gasteiger partial charge in [-0.05, 0) is 44.6 Å². The molecule has 144 valence electrons. The summed E-state index contributed by atoms with van der Waals surface area (Å²) in [5.74, 6) is 0.222. The molecular formula is C19H30N4O2S. The summed E-state index contributed by atoms with van der Waals surface area (Å²) >= 11 is 1.59. The van der Waals surface area contributed by atoms with Gasteiger partial charge in [0.15, 0.2) is 5.13 Å². The molecule has 1 heterocycles. The largest absolute Gasteiger partial charge is 0.369 e. The summed E-state index contributed by atoms with van der Waals surface area (Å²) < 4.78 is 0. The van der Waals surface area contributed by atoms with Gasteiger partial charge in [-0.25, -0.2) is 4.98 Å². The molecule has 3 N–H and O–H groups in total. The van der Waals surface area contributed by atoms with E-state index in [9.17, 15) is 9.59 Å². The van der Waals surface area contributed by atoms with Crippen LogP contribution in [0.5, 0.6) is 0 Å². The minimum Gasteiger partial charge on any atom is -0.369 e. The third kappa shape index (κ3) is 5.77. The first kappa shape index (κ1) is 19.3. The Bertz CT molecular complexity index is 602. The van der Waals surface area contributed by atoms with Gasteiger partial charge in [-0.3, -0.25) is 14.5 Å². The smallest absolute Gasteiger partial charge is 0.240 e. The van der Waals surface area contributed by atoms with Crippen molar-refractivity contribution in [3.8, 4) is 0 Å². The zero-order chi connectivity index (χ0) is 18.4. The molecule has 0 aromatic carbocycles. The maximum Gasteiger partial charge on any atom is 0.240 e. The number of rotatable bonds is 8. The Morgan fingerprint density at radius 3 is 2.62 bits per heavy atom. The van der Waals surface area contributed by atoms with Gasteiger partial charge in [0, 0.05) is 4.88 Å². The number of anilines is 1. The van der Waals surface area contributed by atoms with Crippen molar-refractivity contribution in [1.29, 1.82) is 0 Å². The third-order valence-corrected chi connectivity index (χ3v) is 6.49. The van der Waals surface area contributed by atoms with E-state index >= 15 is 0 Å². The first-order chi connectivity index (χ1) is 12.6. The van der Waals surface area contributed by atoms with Crippen LogP contribution in [0.1, 0.15) is 61.9 Å². The summed E-state index contributed by atoms with van der Waals surface area (Å²) in [6.45, 7) is 1.07. The summed E-state index contributed by atoms with van der Waals surface area (Å²) in [4.78, 5) is 31.5. The second-order valence-electron chi connectivity index (χ2n) is 7.61. The fraction of sp³-hybridized carbons (Fsp3) is 0.737. The average Bonchev–Trinajstić information content (AvgIpc) is 3.02. The van der Waals surface area contributed by atoms with E-state index in [0.29, 0.717) is 11.0 Å². The number of carbonyl (C=O) groups excluding carboxylic acids is 2. The number of aromatic nitrogens is 1. The minimum absolute atomic E-state index is 0.110. The van der Waals surface area contributed by atoms with E-state index in [-0.39, 0.29) is 24.9 Å². The molecule has 0 unspecified atom stereocenters. The van der Waals surface area contributed by atoms with Crippen LogP contribution in [-0.2, 0) is 22.4 Å². The van der Waals surface area contributed by atoms with Gasteiger partial charge in [-0.15, -0.1) is 11.3 Å². The molecule has 2 aliphatic rings. The maximum absolute atomic E-state index is 12.4. The van der Waals surface area contributed by atoms with Crippen LogP contribution < -0.4 is 11.1 Å². The number of nitrogens with one attached hydrogen (secondary N) is 1. The predicted octanol–water partition coefficient (Wildman–Crippen LogP) is 2.72. The Morgan fingerprint density at radius 1 is 1.12 bits per heavy atom. The van der Waals surface area contributed by atoms with Gasteiger partial charge in [0.2, 0.25) is 11.8 Å². The van der Waals surface area contributed by atoms with Crippen LogP contribution in [0.15, 0.2) is 0 Å². The Kier molecular flexibility index (Phi) is 7.02. The highest BCUT2D eigenvalue weighted by molar-refractivity contribution is 7.15. The molecule has 1 saturated carbocycles. The number of aryl methyl sites for hydroxylation is 2. The Hall–Kier alpha value is -1.47. The first-order valence-electron chi connectivity index (χ1n) is 9.89. The molecule has 3 rings (SSSR count). The Balaban J connectivity index is 1.50. The summed E-state index contributed by atoms with van der Waals surface area (Å²) in [7, 11) is 0. The molecule has 6 nitrogen and oxygen atoms in total. The number of primary amides is 1. The molecule has 1 fully saturated rings. The number of hydrogen-bond donors (Lipinski definition) is 2. The summed E-state index contributed by atoms with van der Waals surface area (Å²) in [5.41, 5.74) is 6.52. The van der Waals surface area contributed by atoms with Gasteiger partial charge in [0.05, 0.1) is 18.8 Å². The van der Waals surface area contributed by atoms with Crippen LogP contribution in [-0.4, -0.2) is 41.3 Å². The number of nitrogens with zero attached hydrogens (tertiary/aromatic N) is 2. The Morgan fingerprint density at radius 2 is 1.88 bits per heavy atom. The molecule has 0 aliphatic heterocycles. The van der Waals surface area contributed by atoms with Crippen molar-refractivity contribution in [3.63, 3.8) is 0 Å². The summed E-state index contributed by atoms with van der Waals surface area (Å²) in [5, 5.41) is 3.60. The predicted molar refractivity (Wildman–Crippen MR) is 104 cm³/mol.